The molecule has 2 rings (SSSR count). The molecule has 1 heterocycles. The van der Waals surface area contributed by atoms with Gasteiger partial charge < -0.3 is 10.2 Å². The Hall–Kier alpha value is -2.69. The van der Waals surface area contributed by atoms with Crippen LogP contribution in [0.5, 0.6) is 0 Å². The minimum atomic E-state index is -0.239. The van der Waals surface area contributed by atoms with Gasteiger partial charge in [0.05, 0.1) is 0 Å². The number of benzene rings is 1. The summed E-state index contributed by atoms with van der Waals surface area (Å²) in [5.74, 6) is -0.0688. The van der Waals surface area contributed by atoms with Crippen molar-refractivity contribution in [2.75, 3.05) is 18.4 Å². The highest BCUT2D eigenvalue weighted by molar-refractivity contribution is 6.06. The van der Waals surface area contributed by atoms with E-state index in [-0.39, 0.29) is 11.8 Å². The van der Waals surface area contributed by atoms with Gasteiger partial charge in [0.15, 0.2) is 0 Å². The summed E-state index contributed by atoms with van der Waals surface area (Å²) in [6.45, 7) is 9.63. The van der Waals surface area contributed by atoms with Gasteiger partial charge in [-0.2, -0.15) is 0 Å². The van der Waals surface area contributed by atoms with Crippen molar-refractivity contribution < 1.29 is 9.59 Å². The highest BCUT2D eigenvalue weighted by Gasteiger charge is 2.18. The molecule has 0 aliphatic carbocycles. The van der Waals surface area contributed by atoms with Gasteiger partial charge in [0.25, 0.3) is 11.8 Å². The minimum absolute atomic E-state index is 0.129. The van der Waals surface area contributed by atoms with E-state index in [1.165, 1.54) is 6.20 Å². The van der Waals surface area contributed by atoms with Crippen molar-refractivity contribution in [3.63, 3.8) is 0 Å². The normalized spacial score (nSPS) is 10.7. The quantitative estimate of drug-likeness (QED) is 0.734. The van der Waals surface area contributed by atoms with Crippen LogP contribution < -0.4 is 5.32 Å². The Morgan fingerprint density at radius 2 is 1.74 bits per heavy atom. The lowest BCUT2D eigenvalue weighted by Gasteiger charge is -2.21. The van der Waals surface area contributed by atoms with Gasteiger partial charge in [-0.3, -0.25) is 14.6 Å². The zero-order valence-corrected chi connectivity index (χ0v) is 16.7. The minimum Gasteiger partial charge on any atom is -0.337 e. The largest absolute Gasteiger partial charge is 0.337 e. The zero-order chi connectivity index (χ0) is 19.8. The Balaban J connectivity index is 2.22. The third-order valence-electron chi connectivity index (χ3n) is 4.35. The topological polar surface area (TPSA) is 62.3 Å². The van der Waals surface area contributed by atoms with Gasteiger partial charge in [0, 0.05) is 30.5 Å². The highest BCUT2D eigenvalue weighted by atomic mass is 16.2. The fourth-order valence-electron chi connectivity index (χ4n) is 3.01. The average molecular weight is 367 g/mol. The molecule has 0 aliphatic heterocycles. The van der Waals surface area contributed by atoms with Gasteiger partial charge in [-0.1, -0.05) is 45.9 Å². The van der Waals surface area contributed by atoms with Crippen LogP contribution in [0.2, 0.25) is 0 Å². The number of hydrogen-bond donors (Lipinski definition) is 1. The van der Waals surface area contributed by atoms with E-state index in [9.17, 15) is 9.59 Å². The van der Waals surface area contributed by atoms with E-state index >= 15 is 0 Å². The number of hydrogen-bond acceptors (Lipinski definition) is 3. The van der Waals surface area contributed by atoms with Gasteiger partial charge in [-0.05, 0) is 42.5 Å². The zero-order valence-electron chi connectivity index (χ0n) is 16.7. The first-order valence-electron chi connectivity index (χ1n) is 9.63. The molecule has 0 saturated heterocycles. The molecular formula is C22H29N3O2. The molecule has 144 valence electrons. The fraction of sp³-hybridized carbons (Fsp3) is 0.409. The molecule has 0 radical (unpaired) electrons. The number of nitrogens with one attached hydrogen (secondary N) is 1. The molecule has 0 bridgehead atoms. The van der Waals surface area contributed by atoms with E-state index < -0.39 is 0 Å². The maximum atomic E-state index is 12.7. The lowest BCUT2D eigenvalue weighted by molar-refractivity contribution is 0.0749. The van der Waals surface area contributed by atoms with E-state index in [1.807, 2.05) is 38.1 Å². The van der Waals surface area contributed by atoms with Gasteiger partial charge >= 0.3 is 0 Å². The second-order valence-corrected chi connectivity index (χ2v) is 6.92. The maximum absolute atomic E-state index is 12.7. The first kappa shape index (κ1) is 20.6. The Bertz CT molecular complexity index is 781. The second kappa shape index (κ2) is 9.86. The SMILES string of the molecule is CCCN(CCC)C(=O)c1cc(C(=O)Nc2ccccc2C(C)C)ccn1. The Morgan fingerprint density at radius 1 is 1.07 bits per heavy atom. The van der Waals surface area contributed by atoms with Crippen molar-refractivity contribution >= 4 is 17.5 Å². The standard InChI is InChI=1S/C22H29N3O2/c1-5-13-25(14-6-2)22(27)20-15-17(11-12-23-20)21(26)24-19-10-8-7-9-18(19)16(3)4/h7-12,15-16H,5-6,13-14H2,1-4H3,(H,24,26). The number of rotatable bonds is 8. The lowest BCUT2D eigenvalue weighted by atomic mass is 10.0. The van der Waals surface area contributed by atoms with Crippen molar-refractivity contribution in [1.29, 1.82) is 0 Å². The molecule has 0 aliphatic rings. The molecule has 0 fully saturated rings. The molecule has 0 unspecified atom stereocenters. The molecule has 1 N–H and O–H groups in total. The molecular weight excluding hydrogens is 338 g/mol. The molecule has 27 heavy (non-hydrogen) atoms. The molecule has 0 atom stereocenters. The van der Waals surface area contributed by atoms with Gasteiger partial charge in [0.1, 0.15) is 5.69 Å². The molecule has 1 aromatic carbocycles. The molecule has 1 aromatic heterocycles. The van der Waals surface area contributed by atoms with E-state index in [1.54, 1.807) is 17.0 Å². The molecule has 0 saturated carbocycles. The second-order valence-electron chi connectivity index (χ2n) is 6.92. The summed E-state index contributed by atoms with van der Waals surface area (Å²) >= 11 is 0. The number of para-hydroxylation sites is 1. The number of aromatic nitrogens is 1. The highest BCUT2D eigenvalue weighted by Crippen LogP contribution is 2.24. The Morgan fingerprint density at radius 3 is 2.37 bits per heavy atom. The van der Waals surface area contributed by atoms with Crippen LogP contribution in [0.3, 0.4) is 0 Å². The fourth-order valence-corrected chi connectivity index (χ4v) is 3.01. The van der Waals surface area contributed by atoms with Gasteiger partial charge in [-0.15, -0.1) is 0 Å². The smallest absolute Gasteiger partial charge is 0.272 e. The summed E-state index contributed by atoms with van der Waals surface area (Å²) in [5, 5.41) is 2.96. The van der Waals surface area contributed by atoms with E-state index in [0.717, 1.165) is 24.1 Å². The molecule has 0 spiro atoms. The summed E-state index contributed by atoms with van der Waals surface area (Å²) < 4.78 is 0. The van der Waals surface area contributed by atoms with Crippen LogP contribution >= 0.6 is 0 Å². The van der Waals surface area contributed by atoms with Gasteiger partial charge in [0.2, 0.25) is 0 Å². The Kier molecular flexibility index (Phi) is 7.53. The van der Waals surface area contributed by atoms with E-state index in [4.69, 9.17) is 0 Å². The number of carbonyl (C=O) groups is 2. The summed E-state index contributed by atoms with van der Waals surface area (Å²) in [5.41, 5.74) is 2.61. The first-order chi connectivity index (χ1) is 13.0. The average Bonchev–Trinajstić information content (AvgIpc) is 2.67. The van der Waals surface area contributed by atoms with Crippen molar-refractivity contribution in [3.05, 3.63) is 59.4 Å². The number of carbonyl (C=O) groups excluding carboxylic acids is 2. The predicted octanol–water partition coefficient (Wildman–Crippen LogP) is 4.72. The van der Waals surface area contributed by atoms with Crippen molar-refractivity contribution in [3.8, 4) is 0 Å². The van der Waals surface area contributed by atoms with Crippen LogP contribution in [-0.2, 0) is 0 Å². The lowest BCUT2D eigenvalue weighted by Crippen LogP contribution is -2.33. The Labute approximate surface area is 161 Å². The third kappa shape index (κ3) is 5.39. The van der Waals surface area contributed by atoms with E-state index in [0.29, 0.717) is 30.3 Å². The number of nitrogens with zero attached hydrogens (tertiary/aromatic N) is 2. The third-order valence-corrected chi connectivity index (χ3v) is 4.35. The van der Waals surface area contributed by atoms with E-state index in [2.05, 4.69) is 24.1 Å². The number of amides is 2. The van der Waals surface area contributed by atoms with Crippen LogP contribution in [0.4, 0.5) is 5.69 Å². The number of anilines is 1. The van der Waals surface area contributed by atoms with Crippen LogP contribution in [0.25, 0.3) is 0 Å². The molecule has 2 amide bonds. The molecule has 5 heteroatoms. The van der Waals surface area contributed by atoms with Crippen LogP contribution in [-0.4, -0.2) is 34.8 Å². The van der Waals surface area contributed by atoms with Crippen molar-refractivity contribution in [1.82, 2.24) is 9.88 Å². The molecule has 2 aromatic rings. The van der Waals surface area contributed by atoms with Crippen molar-refractivity contribution in [2.24, 2.45) is 0 Å². The first-order valence-corrected chi connectivity index (χ1v) is 9.63. The predicted molar refractivity (Wildman–Crippen MR) is 109 cm³/mol. The number of pyridine rings is 1. The van der Waals surface area contributed by atoms with Crippen LogP contribution in [0.1, 0.15) is 72.9 Å². The molecule has 5 nitrogen and oxygen atoms in total. The van der Waals surface area contributed by atoms with Gasteiger partial charge in [-0.25, -0.2) is 0 Å². The van der Waals surface area contributed by atoms with Crippen LogP contribution in [0.15, 0.2) is 42.6 Å². The van der Waals surface area contributed by atoms with Crippen LogP contribution in [0, 0.1) is 0 Å². The summed E-state index contributed by atoms with van der Waals surface area (Å²) in [6, 6.07) is 11.0. The maximum Gasteiger partial charge on any atom is 0.272 e. The summed E-state index contributed by atoms with van der Waals surface area (Å²) in [4.78, 5) is 31.4. The summed E-state index contributed by atoms with van der Waals surface area (Å²) in [7, 11) is 0. The monoisotopic (exact) mass is 367 g/mol. The summed E-state index contributed by atoms with van der Waals surface area (Å²) in [6.07, 6.45) is 3.29. The van der Waals surface area contributed by atoms with Crippen molar-refractivity contribution in [2.45, 2.75) is 46.5 Å².